The van der Waals surface area contributed by atoms with Crippen LogP contribution in [0.2, 0.25) is 0 Å². The maximum atomic E-state index is 12.9. The van der Waals surface area contributed by atoms with Crippen LogP contribution in [-0.4, -0.2) is 30.8 Å². The van der Waals surface area contributed by atoms with Gasteiger partial charge in [0.2, 0.25) is 0 Å². The Kier molecular flexibility index (Phi) is 5.57. The maximum absolute atomic E-state index is 12.9. The molecule has 0 saturated carbocycles. The maximum Gasteiger partial charge on any atom is 0.272 e. The number of nitrogens with zero attached hydrogens (tertiary/aromatic N) is 4. The van der Waals surface area contributed by atoms with Crippen LogP contribution < -0.4 is 5.32 Å². The van der Waals surface area contributed by atoms with Gasteiger partial charge in [-0.25, -0.2) is 0 Å². The molecule has 0 bridgehead atoms. The third kappa shape index (κ3) is 4.26. The normalized spacial score (nSPS) is 10.9. The number of carbonyl (C=O) groups is 1. The number of aromatic nitrogens is 4. The second-order valence-electron chi connectivity index (χ2n) is 7.79. The van der Waals surface area contributed by atoms with E-state index in [0.29, 0.717) is 17.4 Å². The van der Waals surface area contributed by atoms with Crippen molar-refractivity contribution in [2.45, 2.75) is 13.1 Å². The summed E-state index contributed by atoms with van der Waals surface area (Å²) in [6, 6.07) is 24.0. The van der Waals surface area contributed by atoms with Crippen LogP contribution >= 0.6 is 0 Å². The van der Waals surface area contributed by atoms with E-state index in [1.165, 1.54) is 12.1 Å². The molecule has 0 aliphatic heterocycles. The average Bonchev–Trinajstić information content (AvgIpc) is 3.47. The third-order valence-electron chi connectivity index (χ3n) is 5.48. The molecule has 0 radical (unpaired) electrons. The van der Waals surface area contributed by atoms with Crippen molar-refractivity contribution in [3.05, 3.63) is 112 Å². The Hall–Kier alpha value is -4.79. The number of rotatable bonds is 7. The van der Waals surface area contributed by atoms with Crippen LogP contribution in [0.4, 0.5) is 5.69 Å². The van der Waals surface area contributed by atoms with E-state index in [-0.39, 0.29) is 17.9 Å². The van der Waals surface area contributed by atoms with Crippen LogP contribution in [0.3, 0.4) is 0 Å². The van der Waals surface area contributed by atoms with Crippen LogP contribution in [0.5, 0.6) is 0 Å². The van der Waals surface area contributed by atoms with E-state index in [4.69, 9.17) is 5.10 Å². The number of hydrogen-bond acceptors (Lipinski definition) is 5. The number of carbonyl (C=O) groups excluding carboxylic acids is 1. The topological polar surface area (TPSA) is 119 Å². The first-order valence-electron chi connectivity index (χ1n) is 10.6. The van der Waals surface area contributed by atoms with Crippen molar-refractivity contribution >= 4 is 22.5 Å². The Morgan fingerprint density at radius 3 is 2.50 bits per heavy atom. The molecule has 34 heavy (non-hydrogen) atoms. The molecule has 5 rings (SSSR count). The molecule has 0 unspecified atom stereocenters. The van der Waals surface area contributed by atoms with Crippen molar-refractivity contribution in [1.82, 2.24) is 25.3 Å². The van der Waals surface area contributed by atoms with Crippen LogP contribution in [0.15, 0.2) is 85.1 Å². The van der Waals surface area contributed by atoms with E-state index in [2.05, 4.69) is 15.5 Å². The fourth-order valence-electron chi connectivity index (χ4n) is 3.83. The van der Waals surface area contributed by atoms with Crippen molar-refractivity contribution in [2.24, 2.45) is 0 Å². The molecule has 1 amide bonds. The second-order valence-corrected chi connectivity index (χ2v) is 7.79. The van der Waals surface area contributed by atoms with E-state index in [1.54, 1.807) is 6.07 Å². The lowest BCUT2D eigenvalue weighted by atomic mass is 10.1. The summed E-state index contributed by atoms with van der Waals surface area (Å²) in [6.07, 6.45) is 1.92. The summed E-state index contributed by atoms with van der Waals surface area (Å²) in [5.74, 6) is -0.429. The predicted molar refractivity (Wildman–Crippen MR) is 127 cm³/mol. The zero-order valence-corrected chi connectivity index (χ0v) is 18.0. The number of fused-ring (bicyclic) bond motifs is 1. The van der Waals surface area contributed by atoms with E-state index in [9.17, 15) is 14.9 Å². The van der Waals surface area contributed by atoms with Crippen molar-refractivity contribution in [1.29, 1.82) is 0 Å². The van der Waals surface area contributed by atoms with Crippen molar-refractivity contribution in [3.63, 3.8) is 0 Å². The lowest BCUT2D eigenvalue weighted by molar-refractivity contribution is -0.384. The average molecular weight is 452 g/mol. The predicted octanol–water partition coefficient (Wildman–Crippen LogP) is 4.31. The Morgan fingerprint density at radius 1 is 1.03 bits per heavy atom. The fraction of sp³-hybridized carbons (Fsp3) is 0.0800. The molecule has 9 heteroatoms. The van der Waals surface area contributed by atoms with Crippen LogP contribution in [0, 0.1) is 10.1 Å². The highest BCUT2D eigenvalue weighted by molar-refractivity contribution is 6.05. The van der Waals surface area contributed by atoms with Gasteiger partial charge in [0.05, 0.1) is 22.7 Å². The summed E-state index contributed by atoms with van der Waals surface area (Å²) in [6.45, 7) is 0.823. The van der Waals surface area contributed by atoms with Crippen molar-refractivity contribution < 1.29 is 9.72 Å². The number of H-pyrrole nitrogens is 1. The van der Waals surface area contributed by atoms with Gasteiger partial charge in [0.25, 0.3) is 11.6 Å². The molecule has 168 valence electrons. The summed E-state index contributed by atoms with van der Waals surface area (Å²) < 4.78 is 1.85. The number of nitrogens with one attached hydrogen (secondary N) is 2. The lowest BCUT2D eigenvalue weighted by Gasteiger charge is -2.04. The van der Waals surface area contributed by atoms with Gasteiger partial charge in [0, 0.05) is 41.4 Å². The van der Waals surface area contributed by atoms with E-state index in [1.807, 2.05) is 71.5 Å². The number of aromatic amines is 1. The summed E-state index contributed by atoms with van der Waals surface area (Å²) in [5, 5.41) is 26.0. The molecule has 0 saturated heterocycles. The first-order valence-corrected chi connectivity index (χ1v) is 10.6. The number of nitro benzene ring substituents is 1. The standard InChI is InChI=1S/C25H20N6O3/c32-25(24-21-13-20(31(33)34)11-12-22(21)27-28-24)26-14-19-16-30(15-17-7-3-1-4-8-17)29-23(19)18-9-5-2-6-10-18/h1-13,16H,14-15H2,(H,26,32)(H,27,28). The number of nitro groups is 1. The fourth-order valence-corrected chi connectivity index (χ4v) is 3.83. The summed E-state index contributed by atoms with van der Waals surface area (Å²) in [7, 11) is 0. The molecule has 0 atom stereocenters. The Labute approximate surface area is 194 Å². The summed E-state index contributed by atoms with van der Waals surface area (Å²) >= 11 is 0. The summed E-state index contributed by atoms with van der Waals surface area (Å²) in [5.41, 5.74) is 4.24. The zero-order chi connectivity index (χ0) is 23.5. The minimum atomic E-state index is -0.499. The number of non-ortho nitro benzene ring substituents is 1. The molecule has 2 N–H and O–H groups in total. The molecule has 0 spiro atoms. The molecule has 0 aliphatic carbocycles. The third-order valence-corrected chi connectivity index (χ3v) is 5.48. The van der Waals surface area contributed by atoms with Crippen molar-refractivity contribution in [2.75, 3.05) is 0 Å². The molecular weight excluding hydrogens is 432 g/mol. The minimum absolute atomic E-state index is 0.100. The van der Waals surface area contributed by atoms with Crippen LogP contribution in [0.25, 0.3) is 22.2 Å². The number of benzene rings is 3. The summed E-state index contributed by atoms with van der Waals surface area (Å²) in [4.78, 5) is 23.6. The van der Waals surface area contributed by atoms with Gasteiger partial charge in [-0.2, -0.15) is 10.2 Å². The number of amides is 1. The van der Waals surface area contributed by atoms with Crippen molar-refractivity contribution in [3.8, 4) is 11.3 Å². The zero-order valence-electron chi connectivity index (χ0n) is 18.0. The van der Waals surface area contributed by atoms with Gasteiger partial charge < -0.3 is 5.32 Å². The smallest absolute Gasteiger partial charge is 0.272 e. The molecule has 9 nitrogen and oxygen atoms in total. The van der Waals surface area contributed by atoms with Gasteiger partial charge in [-0.1, -0.05) is 60.7 Å². The lowest BCUT2D eigenvalue weighted by Crippen LogP contribution is -2.23. The van der Waals surface area contributed by atoms with E-state index in [0.717, 1.165) is 22.4 Å². The highest BCUT2D eigenvalue weighted by atomic mass is 16.6. The second kappa shape index (κ2) is 8.99. The largest absolute Gasteiger partial charge is 0.346 e. The Morgan fingerprint density at radius 2 is 1.76 bits per heavy atom. The first-order chi connectivity index (χ1) is 16.6. The Balaban J connectivity index is 1.41. The molecule has 2 heterocycles. The molecular formula is C25H20N6O3. The molecule has 5 aromatic rings. The quantitative estimate of drug-likeness (QED) is 0.282. The highest BCUT2D eigenvalue weighted by Crippen LogP contribution is 2.24. The van der Waals surface area contributed by atoms with Gasteiger partial charge >= 0.3 is 0 Å². The monoisotopic (exact) mass is 452 g/mol. The van der Waals surface area contributed by atoms with E-state index >= 15 is 0 Å². The van der Waals surface area contributed by atoms with Crippen LogP contribution in [-0.2, 0) is 13.1 Å². The SMILES string of the molecule is O=C(NCc1cn(Cc2ccccc2)nc1-c1ccccc1)c1n[nH]c2ccc([N+](=O)[O-])cc12. The van der Waals surface area contributed by atoms with Gasteiger partial charge in [0.1, 0.15) is 0 Å². The van der Waals surface area contributed by atoms with Gasteiger partial charge in [-0.05, 0) is 11.6 Å². The first kappa shape index (κ1) is 21.1. The van der Waals surface area contributed by atoms with Gasteiger partial charge in [-0.3, -0.25) is 24.7 Å². The molecule has 0 aliphatic rings. The highest BCUT2D eigenvalue weighted by Gasteiger charge is 2.19. The molecule has 2 aromatic heterocycles. The Bertz CT molecular complexity index is 1470. The van der Waals surface area contributed by atoms with Gasteiger partial charge in [0.15, 0.2) is 5.69 Å². The number of hydrogen-bond donors (Lipinski definition) is 2. The molecule has 0 fully saturated rings. The molecule has 3 aromatic carbocycles. The van der Waals surface area contributed by atoms with Gasteiger partial charge in [-0.15, -0.1) is 0 Å². The minimum Gasteiger partial charge on any atom is -0.346 e. The van der Waals surface area contributed by atoms with E-state index < -0.39 is 10.8 Å². The van der Waals surface area contributed by atoms with Crippen LogP contribution in [0.1, 0.15) is 21.6 Å².